The molecule has 0 amide bonds. The zero-order chi connectivity index (χ0) is 13.2. The van der Waals surface area contributed by atoms with E-state index in [1.807, 2.05) is 0 Å². The molecule has 0 aliphatic heterocycles. The van der Waals surface area contributed by atoms with Crippen LogP contribution in [0.2, 0.25) is 33.0 Å². The van der Waals surface area contributed by atoms with Crippen LogP contribution in [0.1, 0.15) is 27.7 Å². The van der Waals surface area contributed by atoms with Crippen LogP contribution in [0.3, 0.4) is 0 Å². The van der Waals surface area contributed by atoms with Gasteiger partial charge in [-0.1, -0.05) is 0 Å². The molecule has 0 fully saturated rings. The van der Waals surface area contributed by atoms with Gasteiger partial charge in [-0.15, -0.1) is 0 Å². The van der Waals surface area contributed by atoms with Crippen LogP contribution in [-0.4, -0.2) is 33.3 Å². The van der Waals surface area contributed by atoms with Crippen LogP contribution in [0.4, 0.5) is 0 Å². The molecule has 16 heavy (non-hydrogen) atoms. The van der Waals surface area contributed by atoms with E-state index < -0.39 is 26.7 Å². The maximum absolute atomic E-state index is 6.21. The van der Waals surface area contributed by atoms with Gasteiger partial charge in [0.2, 0.25) is 0 Å². The van der Waals surface area contributed by atoms with Crippen LogP contribution >= 0.6 is 0 Å². The summed E-state index contributed by atoms with van der Waals surface area (Å²) in [5.41, 5.74) is 1.44. The molecule has 0 rings (SSSR count). The summed E-state index contributed by atoms with van der Waals surface area (Å²) in [6.45, 7) is 14.6. The van der Waals surface area contributed by atoms with Gasteiger partial charge in [0.05, 0.1) is 0 Å². The number of hydrogen-bond donors (Lipinski definition) is 0. The average Bonchev–Trinajstić information content (AvgIpc) is 1.95. The van der Waals surface area contributed by atoms with Crippen molar-refractivity contribution in [3.63, 3.8) is 0 Å². The van der Waals surface area contributed by atoms with Crippen molar-refractivity contribution in [2.24, 2.45) is 0 Å². The standard InChI is InChI=1S/C10H21OSi.3CH3.Sn/c1-9(2)8-11-12(6,7)10(3,4)5;;;;/h1H,8H2,2-7H3;3*1H3;. The van der Waals surface area contributed by atoms with Gasteiger partial charge in [-0.3, -0.25) is 0 Å². The normalized spacial score (nSPS) is 15.4. The summed E-state index contributed by atoms with van der Waals surface area (Å²) in [6, 6.07) is 0. The van der Waals surface area contributed by atoms with Crippen molar-refractivity contribution in [2.45, 2.75) is 60.6 Å². The maximum atomic E-state index is 6.21. The van der Waals surface area contributed by atoms with Crippen molar-refractivity contribution in [3.05, 3.63) is 9.67 Å². The Kier molecular flexibility index (Phi) is 5.82. The van der Waals surface area contributed by atoms with Crippen molar-refractivity contribution in [1.82, 2.24) is 0 Å². The zero-order valence-corrected chi connectivity index (χ0v) is 16.5. The van der Waals surface area contributed by atoms with E-state index in [4.69, 9.17) is 4.43 Å². The van der Waals surface area contributed by atoms with Crippen molar-refractivity contribution in [2.75, 3.05) is 6.61 Å². The number of rotatable bonds is 4. The fourth-order valence-electron chi connectivity index (χ4n) is 1.29. The van der Waals surface area contributed by atoms with Crippen LogP contribution in [0.15, 0.2) is 9.67 Å². The Morgan fingerprint density at radius 2 is 1.62 bits per heavy atom. The topological polar surface area (TPSA) is 9.23 Å². The molecule has 0 aliphatic rings. The van der Waals surface area contributed by atoms with E-state index >= 15 is 0 Å². The summed E-state index contributed by atoms with van der Waals surface area (Å²) >= 11 is -1.78. The summed E-state index contributed by atoms with van der Waals surface area (Å²) in [5, 5.41) is 0.318. The molecule has 0 aromatic carbocycles. The van der Waals surface area contributed by atoms with Crippen molar-refractivity contribution in [3.8, 4) is 0 Å². The average molecular weight is 349 g/mol. The van der Waals surface area contributed by atoms with E-state index in [9.17, 15) is 0 Å². The second kappa shape index (κ2) is 5.57. The molecular weight excluding hydrogens is 319 g/mol. The summed E-state index contributed by atoms with van der Waals surface area (Å²) in [4.78, 5) is 7.31. The van der Waals surface area contributed by atoms with Gasteiger partial charge in [-0.05, 0) is 0 Å². The first-order valence-corrected chi connectivity index (χ1v) is 19.3. The third-order valence-corrected chi connectivity index (χ3v) is 11.5. The van der Waals surface area contributed by atoms with Crippen molar-refractivity contribution < 1.29 is 4.43 Å². The van der Waals surface area contributed by atoms with Crippen LogP contribution in [0.5, 0.6) is 0 Å². The Labute approximate surface area is 108 Å². The van der Waals surface area contributed by atoms with Gasteiger partial charge in [0.1, 0.15) is 0 Å². The van der Waals surface area contributed by atoms with Gasteiger partial charge in [0.15, 0.2) is 0 Å². The van der Waals surface area contributed by atoms with Gasteiger partial charge in [0.25, 0.3) is 0 Å². The van der Waals surface area contributed by atoms with Gasteiger partial charge in [-0.25, -0.2) is 0 Å². The monoisotopic (exact) mass is 350 g/mol. The summed E-state index contributed by atoms with van der Waals surface area (Å²) in [5.74, 6) is 0. The van der Waals surface area contributed by atoms with Gasteiger partial charge < -0.3 is 0 Å². The van der Waals surface area contributed by atoms with Crippen LogP contribution in [0, 0.1) is 0 Å². The SMILES string of the molecule is C/C(=[CH]/[Sn]([CH3])([CH3])[CH3])CO[Si](C)(C)C(C)(C)C. The first-order chi connectivity index (χ1) is 6.85. The molecule has 0 bridgehead atoms. The molecule has 0 N–H and O–H groups in total. The second-order valence-corrected chi connectivity index (χ2v) is 26.5. The molecule has 1 nitrogen and oxygen atoms in total. The minimum atomic E-state index is -1.78. The van der Waals surface area contributed by atoms with E-state index in [2.05, 4.69) is 59.7 Å². The van der Waals surface area contributed by atoms with Crippen LogP contribution in [-0.2, 0) is 4.43 Å². The van der Waals surface area contributed by atoms with Crippen LogP contribution < -0.4 is 0 Å². The Hall–Kier alpha value is 0.716. The predicted molar refractivity (Wildman–Crippen MR) is 80.3 cm³/mol. The summed E-state index contributed by atoms with van der Waals surface area (Å²) in [6.07, 6.45) is 0. The molecule has 0 aromatic rings. The van der Waals surface area contributed by atoms with E-state index in [-0.39, 0.29) is 0 Å². The Balaban J connectivity index is 4.43. The molecule has 0 saturated carbocycles. The number of hydrogen-bond acceptors (Lipinski definition) is 1. The fraction of sp³-hybridized carbons (Fsp3) is 0.846. The quantitative estimate of drug-likeness (QED) is 0.661. The molecule has 0 aromatic heterocycles. The molecule has 3 heteroatoms. The second-order valence-electron chi connectivity index (χ2n) is 7.41. The zero-order valence-electron chi connectivity index (χ0n) is 12.7. The van der Waals surface area contributed by atoms with Gasteiger partial charge >= 0.3 is 108 Å². The molecule has 0 radical (unpaired) electrons. The first-order valence-electron chi connectivity index (χ1n) is 6.17. The van der Waals surface area contributed by atoms with Crippen molar-refractivity contribution >= 4 is 26.7 Å². The minimum absolute atomic E-state index is 0.318. The summed E-state index contributed by atoms with van der Waals surface area (Å²) in [7, 11) is -1.56. The first kappa shape index (κ1) is 16.7. The Bertz CT molecular complexity index is 256. The Morgan fingerprint density at radius 3 is 1.94 bits per heavy atom. The predicted octanol–water partition coefficient (Wildman–Crippen LogP) is 4.83. The van der Waals surface area contributed by atoms with E-state index in [1.54, 1.807) is 0 Å². The fourth-order valence-corrected chi connectivity index (χ4v) is 6.77. The molecule has 0 spiro atoms. The van der Waals surface area contributed by atoms with E-state index in [1.165, 1.54) is 5.57 Å². The van der Waals surface area contributed by atoms with E-state index in [0.29, 0.717) is 5.04 Å². The van der Waals surface area contributed by atoms with Crippen LogP contribution in [0.25, 0.3) is 0 Å². The molecule has 0 saturated heterocycles. The molecule has 0 atom stereocenters. The van der Waals surface area contributed by atoms with E-state index in [0.717, 1.165) is 6.61 Å². The third-order valence-electron chi connectivity index (χ3n) is 3.15. The summed E-state index contributed by atoms with van der Waals surface area (Å²) < 4.78 is 8.72. The van der Waals surface area contributed by atoms with Gasteiger partial charge in [-0.2, -0.15) is 0 Å². The van der Waals surface area contributed by atoms with Crippen molar-refractivity contribution in [1.29, 1.82) is 0 Å². The molecule has 0 heterocycles. The molecule has 0 aliphatic carbocycles. The molecular formula is C13H30OSiSn. The Morgan fingerprint density at radius 1 is 1.19 bits per heavy atom. The van der Waals surface area contributed by atoms with Gasteiger partial charge in [0, 0.05) is 0 Å². The molecule has 96 valence electrons. The molecule has 0 unspecified atom stereocenters. The third kappa shape index (κ3) is 6.45.